The molecular formula is C16H32N2O. The zero-order valence-electron chi connectivity index (χ0n) is 12.9. The summed E-state index contributed by atoms with van der Waals surface area (Å²) < 4.78 is 5.75. The van der Waals surface area contributed by atoms with Gasteiger partial charge in [0.15, 0.2) is 0 Å². The van der Waals surface area contributed by atoms with Crippen molar-refractivity contribution in [1.29, 1.82) is 0 Å². The maximum atomic E-state index is 5.75. The molecular weight excluding hydrogens is 236 g/mol. The molecule has 0 aromatic heterocycles. The third kappa shape index (κ3) is 4.73. The average Bonchev–Trinajstić information content (AvgIpc) is 2.76. The molecule has 112 valence electrons. The van der Waals surface area contributed by atoms with Crippen LogP contribution in [0, 0.1) is 0 Å². The van der Waals surface area contributed by atoms with Crippen molar-refractivity contribution in [3.63, 3.8) is 0 Å². The molecule has 0 saturated carbocycles. The molecule has 2 aliphatic heterocycles. The maximum absolute atomic E-state index is 5.75. The van der Waals surface area contributed by atoms with E-state index in [1.165, 1.54) is 51.5 Å². The molecule has 3 heteroatoms. The summed E-state index contributed by atoms with van der Waals surface area (Å²) in [5.41, 5.74) is 0. The number of ether oxygens (including phenoxy) is 1. The van der Waals surface area contributed by atoms with E-state index in [4.69, 9.17) is 4.74 Å². The fourth-order valence-corrected chi connectivity index (χ4v) is 3.62. The first-order valence-corrected chi connectivity index (χ1v) is 8.41. The van der Waals surface area contributed by atoms with Gasteiger partial charge in [0.25, 0.3) is 0 Å². The van der Waals surface area contributed by atoms with Crippen molar-refractivity contribution >= 4 is 0 Å². The predicted molar refractivity (Wildman–Crippen MR) is 80.6 cm³/mol. The minimum atomic E-state index is 0.795. The quantitative estimate of drug-likeness (QED) is 0.651. The lowest BCUT2D eigenvalue weighted by molar-refractivity contribution is 0.0707. The molecule has 3 nitrogen and oxygen atoms in total. The van der Waals surface area contributed by atoms with E-state index in [-0.39, 0.29) is 0 Å². The molecule has 2 atom stereocenters. The summed E-state index contributed by atoms with van der Waals surface area (Å²) in [5.74, 6) is 0. The molecule has 2 fully saturated rings. The van der Waals surface area contributed by atoms with Gasteiger partial charge in [-0.25, -0.2) is 0 Å². The molecule has 0 amide bonds. The van der Waals surface area contributed by atoms with E-state index in [0.29, 0.717) is 0 Å². The highest BCUT2D eigenvalue weighted by Crippen LogP contribution is 2.29. The second-order valence-corrected chi connectivity index (χ2v) is 6.26. The molecule has 2 heterocycles. The molecule has 0 spiro atoms. The van der Waals surface area contributed by atoms with Crippen LogP contribution in [-0.2, 0) is 4.74 Å². The van der Waals surface area contributed by atoms with E-state index in [0.717, 1.165) is 37.9 Å². The van der Waals surface area contributed by atoms with Crippen molar-refractivity contribution < 1.29 is 4.74 Å². The van der Waals surface area contributed by atoms with Gasteiger partial charge >= 0.3 is 0 Å². The Hall–Kier alpha value is -0.120. The van der Waals surface area contributed by atoms with Crippen LogP contribution in [0.25, 0.3) is 0 Å². The minimum Gasteiger partial charge on any atom is -0.380 e. The van der Waals surface area contributed by atoms with Gasteiger partial charge < -0.3 is 10.1 Å². The van der Waals surface area contributed by atoms with Gasteiger partial charge in [0.05, 0.1) is 6.61 Å². The van der Waals surface area contributed by atoms with Crippen molar-refractivity contribution in [2.24, 2.45) is 0 Å². The summed E-state index contributed by atoms with van der Waals surface area (Å²) in [4.78, 5) is 2.69. The molecule has 2 unspecified atom stereocenters. The number of nitrogens with one attached hydrogen (secondary N) is 1. The molecule has 0 aromatic carbocycles. The Kier molecular flexibility index (Phi) is 6.62. The average molecular weight is 268 g/mol. The van der Waals surface area contributed by atoms with Gasteiger partial charge in [0.2, 0.25) is 0 Å². The van der Waals surface area contributed by atoms with Gasteiger partial charge in [-0.2, -0.15) is 0 Å². The molecule has 2 rings (SSSR count). The van der Waals surface area contributed by atoms with Gasteiger partial charge in [-0.3, -0.25) is 4.90 Å². The zero-order valence-corrected chi connectivity index (χ0v) is 12.9. The highest BCUT2D eigenvalue weighted by Gasteiger charge is 2.35. The van der Waals surface area contributed by atoms with Gasteiger partial charge in [-0.15, -0.1) is 0 Å². The van der Waals surface area contributed by atoms with Crippen LogP contribution < -0.4 is 5.32 Å². The highest BCUT2D eigenvalue weighted by molar-refractivity contribution is 4.95. The van der Waals surface area contributed by atoms with E-state index in [1.54, 1.807) is 0 Å². The molecule has 2 saturated heterocycles. The fourth-order valence-electron chi connectivity index (χ4n) is 3.62. The van der Waals surface area contributed by atoms with E-state index in [1.807, 2.05) is 0 Å². The van der Waals surface area contributed by atoms with Crippen LogP contribution in [0.15, 0.2) is 0 Å². The molecule has 2 bridgehead atoms. The Morgan fingerprint density at radius 1 is 1.00 bits per heavy atom. The van der Waals surface area contributed by atoms with Gasteiger partial charge in [0.1, 0.15) is 0 Å². The van der Waals surface area contributed by atoms with Crippen LogP contribution in [0.3, 0.4) is 0 Å². The number of piperidine rings is 1. The number of unbranched alkanes of at least 4 members (excludes halogenated alkanes) is 1. The first-order valence-electron chi connectivity index (χ1n) is 8.41. The van der Waals surface area contributed by atoms with Crippen LogP contribution in [0.1, 0.15) is 58.8 Å². The molecule has 2 aliphatic rings. The first-order chi connectivity index (χ1) is 9.33. The van der Waals surface area contributed by atoms with E-state index in [9.17, 15) is 0 Å². The number of hydrogen-bond donors (Lipinski definition) is 1. The van der Waals surface area contributed by atoms with Crippen molar-refractivity contribution in [2.75, 3.05) is 26.3 Å². The smallest absolute Gasteiger partial charge is 0.0593 e. The number of hydrogen-bond acceptors (Lipinski definition) is 3. The second kappa shape index (κ2) is 8.23. The highest BCUT2D eigenvalue weighted by atomic mass is 16.5. The third-order valence-corrected chi connectivity index (χ3v) is 4.64. The Balaban J connectivity index is 1.72. The van der Waals surface area contributed by atoms with Crippen LogP contribution in [0.4, 0.5) is 0 Å². The first kappa shape index (κ1) is 15.3. The summed E-state index contributed by atoms with van der Waals surface area (Å²) in [5, 5.41) is 3.74. The monoisotopic (exact) mass is 268 g/mol. The van der Waals surface area contributed by atoms with Crippen LogP contribution in [0.2, 0.25) is 0 Å². The summed E-state index contributed by atoms with van der Waals surface area (Å²) in [6.45, 7) is 8.73. The topological polar surface area (TPSA) is 24.5 Å². The van der Waals surface area contributed by atoms with Crippen LogP contribution >= 0.6 is 0 Å². The molecule has 0 aliphatic carbocycles. The summed E-state index contributed by atoms with van der Waals surface area (Å²) in [6, 6.07) is 2.39. The standard InChI is InChI=1S/C16H32N2O/c1-3-5-10-19-11-9-18(8-4-2)16-12-14-6-7-15(13-16)17-14/h14-17H,3-13H2,1-2H3. The minimum absolute atomic E-state index is 0.795. The zero-order chi connectivity index (χ0) is 13.5. The van der Waals surface area contributed by atoms with Gasteiger partial charge in [0, 0.05) is 31.3 Å². The van der Waals surface area contributed by atoms with Crippen molar-refractivity contribution in [2.45, 2.75) is 76.9 Å². The normalized spacial score (nSPS) is 30.2. The Bertz CT molecular complexity index is 235. The molecule has 19 heavy (non-hydrogen) atoms. The lowest BCUT2D eigenvalue weighted by Crippen LogP contribution is -2.49. The van der Waals surface area contributed by atoms with Crippen LogP contribution in [-0.4, -0.2) is 49.3 Å². The summed E-state index contributed by atoms with van der Waals surface area (Å²) in [6.07, 6.45) is 9.19. The predicted octanol–water partition coefficient (Wildman–Crippen LogP) is 2.80. The summed E-state index contributed by atoms with van der Waals surface area (Å²) in [7, 11) is 0. The SMILES string of the molecule is CCCCOCCN(CCC)C1CC2CCC(C1)N2. The largest absolute Gasteiger partial charge is 0.380 e. The maximum Gasteiger partial charge on any atom is 0.0593 e. The second-order valence-electron chi connectivity index (χ2n) is 6.26. The van der Waals surface area contributed by atoms with E-state index < -0.39 is 0 Å². The van der Waals surface area contributed by atoms with Crippen molar-refractivity contribution in [3.05, 3.63) is 0 Å². The Labute approximate surface area is 119 Å². The van der Waals surface area contributed by atoms with Crippen LogP contribution in [0.5, 0.6) is 0 Å². The number of rotatable bonds is 9. The molecule has 0 aromatic rings. The number of fused-ring (bicyclic) bond motifs is 2. The van der Waals surface area contributed by atoms with Crippen molar-refractivity contribution in [3.8, 4) is 0 Å². The fraction of sp³-hybridized carbons (Fsp3) is 1.00. The number of nitrogens with zero attached hydrogens (tertiary/aromatic N) is 1. The van der Waals surface area contributed by atoms with E-state index in [2.05, 4.69) is 24.1 Å². The lowest BCUT2D eigenvalue weighted by Gasteiger charge is -2.37. The van der Waals surface area contributed by atoms with E-state index >= 15 is 0 Å². The Morgan fingerprint density at radius 2 is 1.74 bits per heavy atom. The third-order valence-electron chi connectivity index (χ3n) is 4.64. The van der Waals surface area contributed by atoms with Gasteiger partial charge in [-0.1, -0.05) is 20.3 Å². The lowest BCUT2D eigenvalue weighted by atomic mass is 9.98. The molecule has 1 N–H and O–H groups in total. The van der Waals surface area contributed by atoms with Crippen molar-refractivity contribution in [1.82, 2.24) is 10.2 Å². The molecule has 0 radical (unpaired) electrons. The van der Waals surface area contributed by atoms with Gasteiger partial charge in [-0.05, 0) is 45.1 Å². The Morgan fingerprint density at radius 3 is 2.37 bits per heavy atom. The summed E-state index contributed by atoms with van der Waals surface area (Å²) >= 11 is 0.